The van der Waals surface area contributed by atoms with Crippen molar-refractivity contribution in [3.05, 3.63) is 11.8 Å². The zero-order chi connectivity index (χ0) is 18.4. The molecule has 25 heavy (non-hydrogen) atoms. The summed E-state index contributed by atoms with van der Waals surface area (Å²) in [5.41, 5.74) is 0.135. The molecule has 2 rings (SSSR count). The molecular formula is C18H27N3O4. The fourth-order valence-electron chi connectivity index (χ4n) is 3.39. The van der Waals surface area contributed by atoms with Gasteiger partial charge in [0, 0.05) is 32.4 Å². The van der Waals surface area contributed by atoms with Crippen LogP contribution in [0.4, 0.5) is 0 Å². The van der Waals surface area contributed by atoms with Gasteiger partial charge in [-0.15, -0.1) is 0 Å². The van der Waals surface area contributed by atoms with Crippen molar-refractivity contribution in [2.45, 2.75) is 45.8 Å². The van der Waals surface area contributed by atoms with Crippen molar-refractivity contribution in [2.24, 2.45) is 5.92 Å². The van der Waals surface area contributed by atoms with Gasteiger partial charge in [-0.3, -0.25) is 9.59 Å². The smallest absolute Gasteiger partial charge is 0.309 e. The average Bonchev–Trinajstić information content (AvgIpc) is 2.58. The van der Waals surface area contributed by atoms with Crippen molar-refractivity contribution < 1.29 is 19.1 Å². The molecule has 7 heteroatoms. The zero-order valence-corrected chi connectivity index (χ0v) is 15.2. The molecule has 0 saturated carbocycles. The number of carbonyl (C=O) groups is 2. The van der Waals surface area contributed by atoms with Crippen molar-refractivity contribution in [1.82, 2.24) is 9.80 Å². The van der Waals surface area contributed by atoms with Gasteiger partial charge in [0.2, 0.25) is 0 Å². The molecule has 2 heterocycles. The summed E-state index contributed by atoms with van der Waals surface area (Å²) in [5, 5.41) is 9.40. The number of hydrogen-bond acceptors (Lipinski definition) is 6. The molecule has 0 bridgehead atoms. The lowest BCUT2D eigenvalue weighted by atomic mass is 9.96. The van der Waals surface area contributed by atoms with E-state index >= 15 is 0 Å². The molecule has 0 aromatic heterocycles. The number of hydrogen-bond donors (Lipinski definition) is 0. The number of likely N-dealkylation sites (tertiary alicyclic amines) is 1. The number of nitrogens with zero attached hydrogens (tertiary/aromatic N) is 3. The van der Waals surface area contributed by atoms with Crippen LogP contribution < -0.4 is 0 Å². The number of rotatable bonds is 4. The first-order valence-corrected chi connectivity index (χ1v) is 8.91. The lowest BCUT2D eigenvalue weighted by Gasteiger charge is -2.35. The predicted molar refractivity (Wildman–Crippen MR) is 91.2 cm³/mol. The van der Waals surface area contributed by atoms with Gasteiger partial charge >= 0.3 is 5.97 Å². The second-order valence-corrected chi connectivity index (χ2v) is 6.68. The van der Waals surface area contributed by atoms with E-state index in [1.54, 1.807) is 18.0 Å². The molecule has 2 aliphatic heterocycles. The van der Waals surface area contributed by atoms with Gasteiger partial charge in [-0.2, -0.15) is 5.26 Å². The predicted octanol–water partition coefficient (Wildman–Crippen LogP) is 1.30. The van der Waals surface area contributed by atoms with E-state index in [0.29, 0.717) is 45.6 Å². The van der Waals surface area contributed by atoms with Crippen molar-refractivity contribution in [1.29, 1.82) is 5.26 Å². The lowest BCUT2D eigenvalue weighted by molar-refractivity contribution is -0.150. The van der Waals surface area contributed by atoms with E-state index in [2.05, 4.69) is 0 Å². The van der Waals surface area contributed by atoms with Crippen LogP contribution in [-0.4, -0.2) is 66.7 Å². The molecule has 0 N–H and O–H groups in total. The van der Waals surface area contributed by atoms with Crippen molar-refractivity contribution in [3.63, 3.8) is 0 Å². The van der Waals surface area contributed by atoms with Crippen LogP contribution in [0.5, 0.6) is 0 Å². The molecule has 2 unspecified atom stereocenters. The lowest BCUT2D eigenvalue weighted by Crippen LogP contribution is -2.44. The van der Waals surface area contributed by atoms with E-state index in [-0.39, 0.29) is 35.6 Å². The molecule has 138 valence electrons. The number of nitriles is 1. The minimum absolute atomic E-state index is 0.0652. The highest BCUT2D eigenvalue weighted by Gasteiger charge is 2.30. The molecule has 0 radical (unpaired) electrons. The summed E-state index contributed by atoms with van der Waals surface area (Å²) < 4.78 is 10.7. The Hall–Kier alpha value is -2.07. The fourth-order valence-corrected chi connectivity index (χ4v) is 3.39. The topological polar surface area (TPSA) is 82.9 Å². The highest BCUT2D eigenvalue weighted by atomic mass is 16.5. The Balaban J connectivity index is 1.95. The first-order valence-electron chi connectivity index (χ1n) is 8.91. The summed E-state index contributed by atoms with van der Waals surface area (Å²) in [6, 6.07) is 2.03. The van der Waals surface area contributed by atoms with Crippen LogP contribution in [0.15, 0.2) is 11.8 Å². The van der Waals surface area contributed by atoms with E-state index in [9.17, 15) is 14.9 Å². The first-order chi connectivity index (χ1) is 11.9. The van der Waals surface area contributed by atoms with Gasteiger partial charge in [0.1, 0.15) is 11.6 Å². The third-order valence-corrected chi connectivity index (χ3v) is 4.51. The molecular weight excluding hydrogens is 322 g/mol. The summed E-state index contributed by atoms with van der Waals surface area (Å²) in [4.78, 5) is 28.0. The van der Waals surface area contributed by atoms with Gasteiger partial charge in [-0.25, -0.2) is 0 Å². The minimum Gasteiger partial charge on any atom is -0.466 e. The van der Waals surface area contributed by atoms with E-state index in [1.807, 2.05) is 24.8 Å². The number of morpholine rings is 1. The van der Waals surface area contributed by atoms with Gasteiger partial charge in [0.15, 0.2) is 0 Å². The number of carbonyl (C=O) groups excluding carboxylic acids is 2. The molecule has 0 aromatic rings. The number of ether oxygens (including phenoxy) is 2. The Bertz CT molecular complexity index is 551. The van der Waals surface area contributed by atoms with Gasteiger partial charge in [0.25, 0.3) is 5.91 Å². The molecule has 0 spiro atoms. The summed E-state index contributed by atoms with van der Waals surface area (Å²) in [6.07, 6.45) is 2.93. The largest absolute Gasteiger partial charge is 0.466 e. The van der Waals surface area contributed by atoms with Gasteiger partial charge < -0.3 is 19.3 Å². The summed E-state index contributed by atoms with van der Waals surface area (Å²) in [7, 11) is 0. The monoisotopic (exact) mass is 349 g/mol. The van der Waals surface area contributed by atoms with Gasteiger partial charge in [-0.05, 0) is 33.6 Å². The Morgan fingerprint density at radius 1 is 1.24 bits per heavy atom. The fraction of sp³-hybridized carbons (Fsp3) is 0.722. The Morgan fingerprint density at radius 2 is 1.84 bits per heavy atom. The zero-order valence-electron chi connectivity index (χ0n) is 15.2. The standard InChI is InChI=1S/C18H27N3O4/c1-4-24-18(23)15-5-7-21(8-6-15)17(22)16(9-19)12-20-10-13(2)25-14(3)11-20/h12-15H,4-8,10-11H2,1-3H3/b16-12-. The maximum absolute atomic E-state index is 12.6. The van der Waals surface area contributed by atoms with E-state index < -0.39 is 0 Å². The second kappa shape index (κ2) is 8.86. The number of esters is 1. The molecule has 0 aromatic carbocycles. The first kappa shape index (κ1) is 19.3. The van der Waals surface area contributed by atoms with Crippen LogP contribution in [0, 0.1) is 17.2 Å². The van der Waals surface area contributed by atoms with Gasteiger partial charge in [-0.1, -0.05) is 0 Å². The highest BCUT2D eigenvalue weighted by Crippen LogP contribution is 2.20. The van der Waals surface area contributed by atoms with Crippen LogP contribution in [0.2, 0.25) is 0 Å². The Labute approximate surface area is 149 Å². The Morgan fingerprint density at radius 3 is 2.36 bits per heavy atom. The third-order valence-electron chi connectivity index (χ3n) is 4.51. The normalized spacial score (nSPS) is 25.4. The minimum atomic E-state index is -0.267. The Kier molecular flexibility index (Phi) is 6.82. The maximum atomic E-state index is 12.6. The van der Waals surface area contributed by atoms with Crippen LogP contribution >= 0.6 is 0 Å². The van der Waals surface area contributed by atoms with Crippen molar-refractivity contribution in [2.75, 3.05) is 32.8 Å². The quantitative estimate of drug-likeness (QED) is 0.432. The van der Waals surface area contributed by atoms with E-state index in [1.165, 1.54) is 0 Å². The van der Waals surface area contributed by atoms with E-state index in [4.69, 9.17) is 9.47 Å². The molecule has 7 nitrogen and oxygen atoms in total. The molecule has 2 saturated heterocycles. The molecule has 0 aliphatic carbocycles. The summed E-state index contributed by atoms with van der Waals surface area (Å²) in [5.74, 6) is -0.613. The average molecular weight is 349 g/mol. The summed E-state index contributed by atoms with van der Waals surface area (Å²) in [6.45, 7) is 8.37. The highest BCUT2D eigenvalue weighted by molar-refractivity contribution is 5.97. The maximum Gasteiger partial charge on any atom is 0.309 e. The van der Waals surface area contributed by atoms with Crippen LogP contribution in [0.25, 0.3) is 0 Å². The van der Waals surface area contributed by atoms with Crippen LogP contribution in [-0.2, 0) is 19.1 Å². The third kappa shape index (κ3) is 5.20. The molecule has 2 atom stereocenters. The van der Waals surface area contributed by atoms with Crippen LogP contribution in [0.1, 0.15) is 33.6 Å². The number of piperidine rings is 1. The summed E-state index contributed by atoms with van der Waals surface area (Å²) >= 11 is 0. The molecule has 1 amide bonds. The van der Waals surface area contributed by atoms with E-state index in [0.717, 1.165) is 0 Å². The number of amides is 1. The SMILES string of the molecule is CCOC(=O)C1CCN(C(=O)/C(C#N)=C\N2CC(C)OC(C)C2)CC1. The second-order valence-electron chi connectivity index (χ2n) is 6.68. The van der Waals surface area contributed by atoms with Gasteiger partial charge in [0.05, 0.1) is 24.7 Å². The molecule has 2 aliphatic rings. The van der Waals surface area contributed by atoms with Crippen molar-refractivity contribution in [3.8, 4) is 6.07 Å². The van der Waals surface area contributed by atoms with Crippen LogP contribution in [0.3, 0.4) is 0 Å². The van der Waals surface area contributed by atoms with Crippen molar-refractivity contribution >= 4 is 11.9 Å². The molecule has 2 fully saturated rings.